The number of nitrogens with zero attached hydrogens (tertiary/aromatic N) is 3. The van der Waals surface area contributed by atoms with Crippen LogP contribution in [0.15, 0.2) is 140 Å². The summed E-state index contributed by atoms with van der Waals surface area (Å²) in [5.74, 6) is -0.285. The summed E-state index contributed by atoms with van der Waals surface area (Å²) in [5.41, 5.74) is 10.2. The molecule has 0 saturated heterocycles. The molecule has 0 aliphatic heterocycles. The van der Waals surface area contributed by atoms with E-state index in [9.17, 15) is 6.48 Å². The molecule has 6 aromatic carbocycles. The molecule has 0 aliphatic carbocycles. The van der Waals surface area contributed by atoms with Crippen molar-refractivity contribution in [3.05, 3.63) is 167 Å². The Balaban J connectivity index is 1.42. The van der Waals surface area contributed by atoms with Gasteiger partial charge in [0.2, 0.25) is 0 Å². The molecule has 2 heterocycles. The normalized spacial score (nSPS) is 14.6. The first-order chi connectivity index (χ1) is 32.5. The molecule has 314 valence electrons. The molecular weight excluding hydrogens is 755 g/mol. The molecule has 0 unspecified atom stereocenters. The molecule has 1 N–H and O–H groups in total. The maximum atomic E-state index is 12.5. The van der Waals surface area contributed by atoms with E-state index in [1.54, 1.807) is 18.3 Å². The highest BCUT2D eigenvalue weighted by Crippen LogP contribution is 2.45. The van der Waals surface area contributed by atoms with Crippen molar-refractivity contribution in [1.29, 1.82) is 0 Å². The predicted molar refractivity (Wildman–Crippen MR) is 263 cm³/mol. The molecule has 8 aromatic rings. The topological polar surface area (TPSA) is 50.9 Å². The lowest BCUT2D eigenvalue weighted by molar-refractivity contribution is 0.446. The van der Waals surface area contributed by atoms with Crippen LogP contribution < -0.4 is 0 Å². The van der Waals surface area contributed by atoms with Gasteiger partial charge in [0.05, 0.1) is 27.8 Å². The van der Waals surface area contributed by atoms with E-state index in [4.69, 9.17) is 19.6 Å². The fourth-order valence-corrected chi connectivity index (χ4v) is 8.10. The van der Waals surface area contributed by atoms with Crippen LogP contribution in [0.3, 0.4) is 0 Å². The van der Waals surface area contributed by atoms with E-state index in [0.29, 0.717) is 28.2 Å². The number of rotatable bonds is 7. The van der Waals surface area contributed by atoms with Gasteiger partial charge in [-0.05, 0) is 122 Å². The highest BCUT2D eigenvalue weighted by atomic mass is 16.3. The van der Waals surface area contributed by atoms with Gasteiger partial charge in [-0.15, -0.1) is 0 Å². The molecule has 8 rings (SSSR count). The average Bonchev–Trinajstić information content (AvgIpc) is 3.66. The second kappa shape index (κ2) is 15.9. The maximum Gasteiger partial charge on any atom is 0.149 e. The molecule has 0 saturated carbocycles. The van der Waals surface area contributed by atoms with Gasteiger partial charge in [-0.2, -0.15) is 0 Å². The van der Waals surface area contributed by atoms with E-state index < -0.39 is 47.9 Å². The van der Waals surface area contributed by atoms with E-state index in [2.05, 4.69) is 121 Å². The minimum atomic E-state index is -2.83. The summed E-state index contributed by atoms with van der Waals surface area (Å²) in [6.07, 6.45) is 1.56. The minimum Gasteiger partial charge on any atom is -0.507 e. The van der Waals surface area contributed by atoms with E-state index in [1.807, 2.05) is 56.3 Å². The highest BCUT2D eigenvalue weighted by molar-refractivity contribution is 5.97. The number of benzene rings is 6. The Hall–Kier alpha value is -6.26. The summed E-state index contributed by atoms with van der Waals surface area (Å²) >= 11 is 0. The van der Waals surface area contributed by atoms with Crippen LogP contribution in [-0.4, -0.2) is 19.6 Å². The number of hydrogen-bond acceptors (Lipinski definition) is 3. The van der Waals surface area contributed by atoms with Gasteiger partial charge in [-0.1, -0.05) is 167 Å². The van der Waals surface area contributed by atoms with Crippen LogP contribution in [0.25, 0.3) is 72.7 Å². The molecule has 0 bridgehead atoms. The molecule has 4 heteroatoms. The zero-order valence-electron chi connectivity index (χ0n) is 45.8. The first-order valence-corrected chi connectivity index (χ1v) is 21.3. The van der Waals surface area contributed by atoms with Crippen molar-refractivity contribution in [2.24, 2.45) is 0 Å². The van der Waals surface area contributed by atoms with Gasteiger partial charge in [0, 0.05) is 34.1 Å². The molecule has 2 aromatic heterocycles. The molecule has 0 fully saturated rings. The van der Waals surface area contributed by atoms with Crippen LogP contribution >= 0.6 is 0 Å². The third-order valence-corrected chi connectivity index (χ3v) is 11.7. The summed E-state index contributed by atoms with van der Waals surface area (Å²) in [7, 11) is 0. The molecule has 0 radical (unpaired) electrons. The number of phenols is 1. The summed E-state index contributed by atoms with van der Waals surface area (Å²) in [6.45, 7) is 20.2. The minimum absolute atomic E-state index is 0.0103. The largest absolute Gasteiger partial charge is 0.507 e. The smallest absolute Gasteiger partial charge is 0.149 e. The highest BCUT2D eigenvalue weighted by Gasteiger charge is 2.29. The average molecular weight is 824 g/mol. The molecule has 0 aliphatic rings. The molecule has 62 heavy (non-hydrogen) atoms. The fourth-order valence-electron chi connectivity index (χ4n) is 8.10. The second-order valence-electron chi connectivity index (χ2n) is 19.7. The van der Waals surface area contributed by atoms with Gasteiger partial charge in [0.25, 0.3) is 0 Å². The molecular formula is C58H61N3O. The first-order valence-electron chi connectivity index (χ1n) is 25.3. The quantitative estimate of drug-likeness (QED) is 0.174. The molecule has 0 atom stereocenters. The molecule has 4 nitrogen and oxygen atoms in total. The number of phenolic OH excluding ortho intramolecular Hbond substituents is 1. The lowest BCUT2D eigenvalue weighted by Crippen LogP contribution is -2.17. The first kappa shape index (κ1) is 33.4. The number of pyridine rings is 1. The van der Waals surface area contributed by atoms with Crippen molar-refractivity contribution >= 4 is 11.0 Å². The zero-order valence-corrected chi connectivity index (χ0v) is 37.8. The number of imidazole rings is 1. The summed E-state index contributed by atoms with van der Waals surface area (Å²) in [5, 5.41) is 12.5. The van der Waals surface area contributed by atoms with Gasteiger partial charge < -0.3 is 5.11 Å². The van der Waals surface area contributed by atoms with Crippen molar-refractivity contribution < 1.29 is 16.1 Å². The lowest BCUT2D eigenvalue weighted by atomic mass is 9.79. The van der Waals surface area contributed by atoms with Crippen molar-refractivity contribution in [2.75, 3.05) is 0 Å². The third-order valence-electron chi connectivity index (χ3n) is 11.7. The maximum absolute atomic E-state index is 12.5. The van der Waals surface area contributed by atoms with Crippen LogP contribution in [0.5, 0.6) is 5.75 Å². The number of aromatic nitrogens is 3. The number of aromatic hydroxyl groups is 1. The third kappa shape index (κ3) is 8.23. The van der Waals surface area contributed by atoms with E-state index in [-0.39, 0.29) is 22.1 Å². The SMILES string of the molecule is [2H]c1c([2H])c(C([2H])([2H])[2H])c([2H])c([2H])c1-c1ccnc(-c2cc(-c3cccc4c3nc(-c3cc(C(C)(C)C)cc(C(C)(C)C)c3O)n4-c3ccc(-c4ccccc4)c(C([2H])(C)C)c3)cc(C(C)(C)C)c2)c1. The van der Waals surface area contributed by atoms with E-state index >= 15 is 0 Å². The Morgan fingerprint density at radius 3 is 1.97 bits per heavy atom. The van der Waals surface area contributed by atoms with Crippen molar-refractivity contribution in [2.45, 2.75) is 105 Å². The van der Waals surface area contributed by atoms with Crippen molar-refractivity contribution in [1.82, 2.24) is 14.5 Å². The zero-order chi connectivity index (χ0) is 51.2. The van der Waals surface area contributed by atoms with Crippen molar-refractivity contribution in [3.8, 4) is 67.5 Å². The van der Waals surface area contributed by atoms with Crippen molar-refractivity contribution in [3.63, 3.8) is 0 Å². The summed E-state index contributed by atoms with van der Waals surface area (Å²) in [6, 6.07) is 34.1. The van der Waals surface area contributed by atoms with Gasteiger partial charge in [0.15, 0.2) is 0 Å². The van der Waals surface area contributed by atoms with Crippen LogP contribution in [0, 0.1) is 6.85 Å². The van der Waals surface area contributed by atoms with Crippen LogP contribution in [0.4, 0.5) is 0 Å². The standard InChI is InChI=1S/C58H61N3O/c1-36(2)48-35-45(25-26-46(48)39-17-14-13-15-18-39)61-52-20-16-19-47(53(52)60-55(61)49-33-44(57(7,8)9)34-50(54(49)62)58(10,11)12)41-29-42(31-43(30-41)56(4,5)6)51-32-40(27-28-59-51)38-23-21-37(3)22-24-38/h13-36,62H,1-12H3/i3D3,21D,22D,23D,24D,36D. The fraction of sp³-hybridized carbons (Fsp3) is 0.276. The van der Waals surface area contributed by atoms with Gasteiger partial charge >= 0.3 is 0 Å². The Kier molecular flexibility index (Phi) is 8.55. The molecule has 0 amide bonds. The number of fused-ring (bicyclic) bond motifs is 1. The summed E-state index contributed by atoms with van der Waals surface area (Å²) < 4.78 is 70.1. The number of para-hydroxylation sites is 1. The van der Waals surface area contributed by atoms with Crippen LogP contribution in [0.1, 0.15) is 121 Å². The number of hydrogen-bond donors (Lipinski definition) is 1. The van der Waals surface area contributed by atoms with Gasteiger partial charge in [-0.25, -0.2) is 4.98 Å². The van der Waals surface area contributed by atoms with Gasteiger partial charge in [-0.3, -0.25) is 9.55 Å². The Labute approximate surface area is 380 Å². The van der Waals surface area contributed by atoms with Gasteiger partial charge in [0.1, 0.15) is 11.6 Å². The predicted octanol–water partition coefficient (Wildman–Crippen LogP) is 15.8. The Morgan fingerprint density at radius 1 is 0.613 bits per heavy atom. The lowest BCUT2D eigenvalue weighted by Gasteiger charge is -2.27. The van der Waals surface area contributed by atoms with E-state index in [1.165, 1.54) is 0 Å². The van der Waals surface area contributed by atoms with E-state index in [0.717, 1.165) is 61.3 Å². The molecule has 0 spiro atoms. The van der Waals surface area contributed by atoms with Crippen LogP contribution in [0.2, 0.25) is 0 Å². The summed E-state index contributed by atoms with van der Waals surface area (Å²) in [4.78, 5) is 10.3. The Bertz CT molecular complexity index is 3310. The monoisotopic (exact) mass is 824 g/mol. The Morgan fingerprint density at radius 2 is 1.31 bits per heavy atom. The second-order valence-corrected chi connectivity index (χ2v) is 19.7. The van der Waals surface area contributed by atoms with Crippen LogP contribution in [-0.2, 0) is 16.2 Å².